The van der Waals surface area contributed by atoms with Crippen LogP contribution in [0.1, 0.15) is 90.2 Å². The number of nitrogens with two attached hydrogens (primary N) is 1. The number of rotatable bonds is 9. The second kappa shape index (κ2) is 56.6. The molecule has 0 fully saturated rings. The fourth-order valence-electron chi connectivity index (χ4n) is 1.16. The second-order valence-electron chi connectivity index (χ2n) is 4.20. The molecular formula is C22H51NO8. The smallest absolute Gasteiger partial charge is 0.306 e. The first-order valence-electron chi connectivity index (χ1n) is 12.2. The monoisotopic (exact) mass is 463 g/mol. The third-order valence-electron chi connectivity index (χ3n) is 2.29. The average Bonchev–Trinajstić information content (AvgIpc) is 2.80. The SMILES string of the molecule is CCOC(=O)CCC(=O)CC.CCOC(=O)CCC(C)=O.CN.[2H]CC.[2H]CC.[3H]OC.[3H]OC. The molecule has 0 radical (unpaired) electrons. The first-order valence-corrected chi connectivity index (χ1v) is 10.00. The number of aliphatic hydroxyl groups is 2. The Morgan fingerprint density at radius 3 is 1.35 bits per heavy atom. The van der Waals surface area contributed by atoms with Crippen LogP contribution in [0.5, 0.6) is 0 Å². The molecule has 4 N–H and O–H groups in total. The van der Waals surface area contributed by atoms with Crippen molar-refractivity contribution < 1.29 is 41.6 Å². The molecular weight excluding hydrogens is 406 g/mol. The van der Waals surface area contributed by atoms with Crippen LogP contribution in [0.2, 0.25) is 0 Å². The van der Waals surface area contributed by atoms with E-state index in [4.69, 9.17) is 5.60 Å². The molecule has 0 unspecified atom stereocenters. The molecule has 0 aliphatic heterocycles. The summed E-state index contributed by atoms with van der Waals surface area (Å²) in [6.45, 7) is 12.1. The van der Waals surface area contributed by atoms with E-state index in [0.717, 1.165) is 0 Å². The fourth-order valence-corrected chi connectivity index (χ4v) is 1.16. The molecule has 0 aliphatic carbocycles. The van der Waals surface area contributed by atoms with Gasteiger partial charge in [-0.2, -0.15) is 0 Å². The number of Topliss-reactive ketones (excluding diaryl/α,β-unsaturated/α-hetero) is 2. The molecule has 192 valence electrons. The van der Waals surface area contributed by atoms with Crippen molar-refractivity contribution >= 4 is 23.5 Å². The predicted molar refractivity (Wildman–Crippen MR) is 127 cm³/mol. The van der Waals surface area contributed by atoms with Gasteiger partial charge in [0.1, 0.15) is 11.6 Å². The van der Waals surface area contributed by atoms with E-state index >= 15 is 0 Å². The fraction of sp³-hybridized carbons (Fsp3) is 0.818. The van der Waals surface area contributed by atoms with E-state index < -0.39 is 0 Å². The predicted octanol–water partition coefficient (Wildman–Crippen LogP) is 3.07. The molecule has 0 aliphatic rings. The lowest BCUT2D eigenvalue weighted by Crippen LogP contribution is -2.06. The average molecular weight is 464 g/mol. The maximum Gasteiger partial charge on any atom is 0.306 e. The quantitative estimate of drug-likeness (QED) is 0.438. The number of hydrogen-bond donors (Lipinski definition) is 3. The maximum absolute atomic E-state index is 10.7. The number of ketones is 2. The van der Waals surface area contributed by atoms with Crippen LogP contribution in [0.3, 0.4) is 0 Å². The molecule has 31 heavy (non-hydrogen) atoms. The third-order valence-corrected chi connectivity index (χ3v) is 2.29. The van der Waals surface area contributed by atoms with E-state index in [-0.39, 0.29) is 36.3 Å². The molecule has 0 amide bonds. The van der Waals surface area contributed by atoms with Crippen molar-refractivity contribution in [2.24, 2.45) is 5.73 Å². The largest absolute Gasteiger partial charge is 0.466 e. The highest BCUT2D eigenvalue weighted by Crippen LogP contribution is 1.96. The lowest BCUT2D eigenvalue weighted by Gasteiger charge is -1.99. The van der Waals surface area contributed by atoms with Gasteiger partial charge in [0.25, 0.3) is 0 Å². The first kappa shape index (κ1) is 33.8. The van der Waals surface area contributed by atoms with Crippen molar-refractivity contribution in [1.29, 1.82) is 2.86 Å². The topological polar surface area (TPSA) is 153 Å². The molecule has 9 heteroatoms. The highest BCUT2D eigenvalue weighted by Gasteiger charge is 2.04. The molecule has 0 aromatic heterocycles. The summed E-state index contributed by atoms with van der Waals surface area (Å²) in [5.41, 5.74) is 4.50. The van der Waals surface area contributed by atoms with Gasteiger partial charge in [0, 0.05) is 36.2 Å². The number of carbonyl (C=O) groups excluding carboxylic acids is 4. The molecule has 0 atom stereocenters. The van der Waals surface area contributed by atoms with Crippen LogP contribution < -0.4 is 5.73 Å². The van der Waals surface area contributed by atoms with Gasteiger partial charge >= 0.3 is 11.9 Å². The molecule has 0 spiro atoms. The van der Waals surface area contributed by atoms with Crippen LogP contribution in [-0.4, -0.2) is 71.1 Å². The van der Waals surface area contributed by atoms with E-state index in [1.54, 1.807) is 34.6 Å². The van der Waals surface area contributed by atoms with Crippen molar-refractivity contribution in [3.63, 3.8) is 0 Å². The van der Waals surface area contributed by atoms with Gasteiger partial charge < -0.3 is 30.2 Å². The van der Waals surface area contributed by atoms with Crippen LogP contribution in [0.4, 0.5) is 0 Å². The molecule has 0 saturated carbocycles. The van der Waals surface area contributed by atoms with Crippen LogP contribution in [0, 0.1) is 0 Å². The Morgan fingerprint density at radius 2 is 1.13 bits per heavy atom. The standard InChI is InChI=1S/C8H14O3.C7H12O3.2C2H6.CH5N.2CH4O/c1-3-7(9)5-6-8(10)11-4-2;1-3-10-7(9)5-4-6(2)8;5*1-2/h3-6H2,1-2H3;3-5H2,1-2H3;2*1-2H3;2H2,1H3;2*2H,1H3/i;;2*1D;;2*2T. The number of aliphatic hydroxyl groups excluding tert-OH is 2. The summed E-state index contributed by atoms with van der Waals surface area (Å²) in [4.78, 5) is 42.3. The Kier molecular flexibility index (Phi) is 61.7. The van der Waals surface area contributed by atoms with E-state index in [9.17, 15) is 19.2 Å². The van der Waals surface area contributed by atoms with Crippen molar-refractivity contribution in [2.75, 3.05) is 34.5 Å². The van der Waals surface area contributed by atoms with Crippen molar-refractivity contribution in [3.05, 3.63) is 0 Å². The van der Waals surface area contributed by atoms with Gasteiger partial charge in [0.15, 0.2) is 0 Å². The van der Waals surface area contributed by atoms with Gasteiger partial charge in [0.2, 0.25) is 2.86 Å². The summed E-state index contributed by atoms with van der Waals surface area (Å²) in [5.74, 6) is -0.446. The minimum absolute atomic E-state index is 0.0213. The Balaban J connectivity index is -0.0000000592. The number of carbonyl (C=O) groups is 4. The molecule has 0 rings (SSSR count). The molecule has 0 aromatic rings. The van der Waals surface area contributed by atoms with E-state index in [1.165, 1.54) is 28.2 Å². The third kappa shape index (κ3) is 73.8. The van der Waals surface area contributed by atoms with Gasteiger partial charge in [0.05, 0.1) is 26.1 Å². The second-order valence-corrected chi connectivity index (χ2v) is 4.20. The highest BCUT2D eigenvalue weighted by atomic mass is 16.5. The number of ether oxygens (including phenoxy) is 2. The van der Waals surface area contributed by atoms with Crippen LogP contribution in [0.25, 0.3) is 0 Å². The first-order chi connectivity index (χ1) is 16.5. The summed E-state index contributed by atoms with van der Waals surface area (Å²) in [5, 5.41) is 7.00. The summed E-state index contributed by atoms with van der Waals surface area (Å²) < 4.78 is 33.1. The number of esters is 2. The minimum Gasteiger partial charge on any atom is -0.466 e. The molecule has 0 aromatic carbocycles. The Hall–Kier alpha value is -1.84. The maximum atomic E-state index is 10.7. The van der Waals surface area contributed by atoms with Gasteiger partial charge in [-0.25, -0.2) is 0 Å². The normalized spacial score (nSPS) is 8.84. The van der Waals surface area contributed by atoms with Crippen LogP contribution in [-0.2, 0) is 28.7 Å². The van der Waals surface area contributed by atoms with Crippen LogP contribution >= 0.6 is 0 Å². The Labute approximate surface area is 196 Å². The van der Waals surface area contributed by atoms with E-state index in [2.05, 4.69) is 25.4 Å². The molecule has 0 bridgehead atoms. The van der Waals surface area contributed by atoms with Crippen molar-refractivity contribution in [2.45, 2.75) is 87.4 Å². The van der Waals surface area contributed by atoms with Gasteiger partial charge in [-0.1, -0.05) is 34.6 Å². The van der Waals surface area contributed by atoms with Crippen molar-refractivity contribution in [3.8, 4) is 0 Å². The van der Waals surface area contributed by atoms with Crippen LogP contribution in [0.15, 0.2) is 0 Å². The van der Waals surface area contributed by atoms with Crippen molar-refractivity contribution in [1.82, 2.24) is 0 Å². The molecule has 0 heterocycles. The molecule has 0 saturated heterocycles. The summed E-state index contributed by atoms with van der Waals surface area (Å²) in [6, 6.07) is 0. The minimum atomic E-state index is -0.294. The lowest BCUT2D eigenvalue weighted by atomic mass is 10.2. The Bertz CT molecular complexity index is 411. The van der Waals surface area contributed by atoms with Gasteiger partial charge in [-0.15, -0.1) is 0 Å². The number of hydrogen-bond acceptors (Lipinski definition) is 9. The Morgan fingerprint density at radius 1 is 0.839 bits per heavy atom. The van der Waals surface area contributed by atoms with E-state index in [0.29, 0.717) is 46.3 Å². The summed E-state index contributed by atoms with van der Waals surface area (Å²) >= 11 is 0. The highest BCUT2D eigenvalue weighted by molar-refractivity contribution is 5.82. The zero-order chi connectivity index (χ0) is 29.5. The van der Waals surface area contributed by atoms with Gasteiger partial charge in [-0.3, -0.25) is 14.4 Å². The summed E-state index contributed by atoms with van der Waals surface area (Å²) in [6.07, 6.45) is 1.54. The summed E-state index contributed by atoms with van der Waals surface area (Å²) in [7, 11) is 4.08. The van der Waals surface area contributed by atoms with Gasteiger partial charge in [-0.05, 0) is 27.8 Å². The zero-order valence-corrected chi connectivity index (χ0v) is 21.2. The molecule has 9 nitrogen and oxygen atoms in total. The lowest BCUT2D eigenvalue weighted by molar-refractivity contribution is -0.144. The van der Waals surface area contributed by atoms with E-state index in [1.807, 2.05) is 0 Å². The zero-order valence-electron chi connectivity index (χ0n) is 25.2.